The lowest BCUT2D eigenvalue weighted by Crippen LogP contribution is -2.45. The zero-order chi connectivity index (χ0) is 15.7. The summed E-state index contributed by atoms with van der Waals surface area (Å²) in [6.45, 7) is 4.32. The quantitative estimate of drug-likeness (QED) is 0.878. The first-order valence-corrected chi connectivity index (χ1v) is 7.39. The van der Waals surface area contributed by atoms with Crippen LogP contribution >= 0.6 is 0 Å². The minimum Gasteiger partial charge on any atom is -0.376 e. The number of hydrogen-bond acceptors (Lipinski definition) is 3. The molecule has 7 heteroatoms. The van der Waals surface area contributed by atoms with Gasteiger partial charge in [0.1, 0.15) is 11.6 Å². The van der Waals surface area contributed by atoms with Crippen LogP contribution in [0.2, 0.25) is 0 Å². The van der Waals surface area contributed by atoms with Crippen molar-refractivity contribution in [3.8, 4) is 0 Å². The number of carbonyl (C=O) groups is 1. The standard InChI is InChI=1S/C15H19F2N3O2/c1-9-6-20-7-11(5-12(20)8-22-9)18-15(21)19-14-3-2-10(16)4-13(14)17/h2-4,9,11-12H,5-8H2,1H3,(H2,18,19,21)/t9-,11-,12+/m1/s1. The molecule has 0 spiro atoms. The molecule has 3 atom stereocenters. The molecule has 0 aromatic heterocycles. The second kappa shape index (κ2) is 6.18. The summed E-state index contributed by atoms with van der Waals surface area (Å²) < 4.78 is 31.9. The Morgan fingerprint density at radius 1 is 1.36 bits per heavy atom. The van der Waals surface area contributed by atoms with E-state index in [4.69, 9.17) is 4.74 Å². The topological polar surface area (TPSA) is 53.6 Å². The second-order valence-corrected chi connectivity index (χ2v) is 5.91. The third-order valence-corrected chi connectivity index (χ3v) is 4.11. The summed E-state index contributed by atoms with van der Waals surface area (Å²) >= 11 is 0. The summed E-state index contributed by atoms with van der Waals surface area (Å²) in [5.41, 5.74) is -0.0356. The summed E-state index contributed by atoms with van der Waals surface area (Å²) in [4.78, 5) is 14.2. The zero-order valence-electron chi connectivity index (χ0n) is 12.3. The van der Waals surface area contributed by atoms with Crippen LogP contribution in [0.25, 0.3) is 0 Å². The van der Waals surface area contributed by atoms with Crippen LogP contribution in [0.1, 0.15) is 13.3 Å². The van der Waals surface area contributed by atoms with Gasteiger partial charge in [-0.1, -0.05) is 0 Å². The van der Waals surface area contributed by atoms with Crippen molar-refractivity contribution in [2.45, 2.75) is 31.5 Å². The van der Waals surface area contributed by atoms with Crippen molar-refractivity contribution in [1.82, 2.24) is 10.2 Å². The number of hydrogen-bond donors (Lipinski definition) is 2. The van der Waals surface area contributed by atoms with E-state index in [1.165, 1.54) is 6.07 Å². The van der Waals surface area contributed by atoms with Gasteiger partial charge in [0.25, 0.3) is 0 Å². The maximum Gasteiger partial charge on any atom is 0.319 e. The molecule has 2 aliphatic heterocycles. The first kappa shape index (κ1) is 15.2. The minimum atomic E-state index is -0.791. The molecule has 5 nitrogen and oxygen atoms in total. The SMILES string of the molecule is C[C@@H]1CN2C[C@H](NC(=O)Nc3ccc(F)cc3F)C[C@H]2CO1. The van der Waals surface area contributed by atoms with Crippen LogP contribution in [0, 0.1) is 11.6 Å². The average Bonchev–Trinajstić information content (AvgIpc) is 2.83. The van der Waals surface area contributed by atoms with Crippen molar-refractivity contribution in [3.63, 3.8) is 0 Å². The number of carbonyl (C=O) groups excluding carboxylic acids is 1. The number of anilines is 1. The van der Waals surface area contributed by atoms with Gasteiger partial charge in [0.15, 0.2) is 0 Å². The number of morpholine rings is 1. The third-order valence-electron chi connectivity index (χ3n) is 4.11. The maximum absolute atomic E-state index is 13.5. The van der Waals surface area contributed by atoms with Crippen molar-refractivity contribution in [1.29, 1.82) is 0 Å². The average molecular weight is 311 g/mol. The van der Waals surface area contributed by atoms with Crippen molar-refractivity contribution >= 4 is 11.7 Å². The fraction of sp³-hybridized carbons (Fsp3) is 0.533. The van der Waals surface area contributed by atoms with Crippen LogP contribution < -0.4 is 10.6 Å². The van der Waals surface area contributed by atoms with Gasteiger partial charge in [0.2, 0.25) is 0 Å². The van der Waals surface area contributed by atoms with Gasteiger partial charge in [-0.25, -0.2) is 13.6 Å². The van der Waals surface area contributed by atoms with E-state index in [2.05, 4.69) is 15.5 Å². The molecule has 3 rings (SSSR count). The monoisotopic (exact) mass is 311 g/mol. The highest BCUT2D eigenvalue weighted by Crippen LogP contribution is 2.23. The number of amides is 2. The van der Waals surface area contributed by atoms with Crippen LogP contribution in [0.5, 0.6) is 0 Å². The summed E-state index contributed by atoms with van der Waals surface area (Å²) in [5.74, 6) is -1.47. The largest absolute Gasteiger partial charge is 0.376 e. The maximum atomic E-state index is 13.5. The van der Waals surface area contributed by atoms with Crippen LogP contribution in [0.15, 0.2) is 18.2 Å². The number of urea groups is 1. The van der Waals surface area contributed by atoms with Crippen molar-refractivity contribution < 1.29 is 18.3 Å². The molecule has 0 bridgehead atoms. The third kappa shape index (κ3) is 3.36. The summed E-state index contributed by atoms with van der Waals surface area (Å²) in [7, 11) is 0. The molecular formula is C15H19F2N3O2. The van der Waals surface area contributed by atoms with Gasteiger partial charge in [0.05, 0.1) is 18.4 Å². The molecular weight excluding hydrogens is 292 g/mol. The van der Waals surface area contributed by atoms with E-state index in [0.717, 1.165) is 31.6 Å². The van der Waals surface area contributed by atoms with Gasteiger partial charge in [-0.2, -0.15) is 0 Å². The molecule has 2 saturated heterocycles. The highest BCUT2D eigenvalue weighted by molar-refractivity contribution is 5.89. The first-order valence-electron chi connectivity index (χ1n) is 7.39. The predicted octanol–water partition coefficient (Wildman–Crippen LogP) is 1.95. The molecule has 2 heterocycles. The van der Waals surface area contributed by atoms with Gasteiger partial charge in [-0.15, -0.1) is 0 Å². The van der Waals surface area contributed by atoms with Gasteiger partial charge in [0, 0.05) is 31.2 Å². The fourth-order valence-electron chi connectivity index (χ4n) is 3.08. The Hall–Kier alpha value is -1.73. The van der Waals surface area contributed by atoms with Gasteiger partial charge >= 0.3 is 6.03 Å². The van der Waals surface area contributed by atoms with E-state index in [9.17, 15) is 13.6 Å². The normalized spacial score (nSPS) is 28.2. The van der Waals surface area contributed by atoms with E-state index < -0.39 is 17.7 Å². The fourth-order valence-corrected chi connectivity index (χ4v) is 3.08. The van der Waals surface area contributed by atoms with E-state index in [1.807, 2.05) is 6.92 Å². The molecule has 2 aliphatic rings. The highest BCUT2D eigenvalue weighted by atomic mass is 19.1. The second-order valence-electron chi connectivity index (χ2n) is 5.91. The highest BCUT2D eigenvalue weighted by Gasteiger charge is 2.36. The Morgan fingerprint density at radius 2 is 2.18 bits per heavy atom. The molecule has 0 unspecified atom stereocenters. The summed E-state index contributed by atoms with van der Waals surface area (Å²) in [5, 5.41) is 5.25. The Kier molecular flexibility index (Phi) is 4.26. The van der Waals surface area contributed by atoms with Crippen molar-refractivity contribution in [2.24, 2.45) is 0 Å². The van der Waals surface area contributed by atoms with Crippen molar-refractivity contribution in [2.75, 3.05) is 25.0 Å². The Bertz CT molecular complexity index is 570. The number of nitrogens with zero attached hydrogens (tertiary/aromatic N) is 1. The molecule has 0 radical (unpaired) electrons. The molecule has 0 saturated carbocycles. The molecule has 2 N–H and O–H groups in total. The van der Waals surface area contributed by atoms with Crippen LogP contribution in [0.4, 0.5) is 19.3 Å². The number of benzene rings is 1. The minimum absolute atomic E-state index is 0.00223. The number of nitrogens with one attached hydrogen (secondary N) is 2. The van der Waals surface area contributed by atoms with E-state index in [-0.39, 0.29) is 17.8 Å². The van der Waals surface area contributed by atoms with Crippen LogP contribution in [-0.4, -0.2) is 48.8 Å². The molecule has 1 aromatic carbocycles. The lowest BCUT2D eigenvalue weighted by molar-refractivity contribution is -0.0390. The molecule has 0 aliphatic carbocycles. The Morgan fingerprint density at radius 3 is 2.95 bits per heavy atom. The number of rotatable bonds is 2. The predicted molar refractivity (Wildman–Crippen MR) is 77.7 cm³/mol. The zero-order valence-corrected chi connectivity index (χ0v) is 12.3. The Labute approximate surface area is 127 Å². The first-order chi connectivity index (χ1) is 10.5. The van der Waals surface area contributed by atoms with E-state index in [0.29, 0.717) is 12.6 Å². The van der Waals surface area contributed by atoms with E-state index in [1.54, 1.807) is 0 Å². The molecule has 1 aromatic rings. The van der Waals surface area contributed by atoms with E-state index >= 15 is 0 Å². The van der Waals surface area contributed by atoms with Gasteiger partial charge in [-0.05, 0) is 25.5 Å². The summed E-state index contributed by atoms with van der Waals surface area (Å²) in [6.07, 6.45) is 1.02. The lowest BCUT2D eigenvalue weighted by atomic mass is 10.1. The molecule has 2 fully saturated rings. The molecule has 2 amide bonds. The number of halogens is 2. The number of ether oxygens (including phenoxy) is 1. The van der Waals surface area contributed by atoms with Gasteiger partial charge < -0.3 is 15.4 Å². The van der Waals surface area contributed by atoms with Crippen molar-refractivity contribution in [3.05, 3.63) is 29.8 Å². The lowest BCUT2D eigenvalue weighted by Gasteiger charge is -2.33. The summed E-state index contributed by atoms with van der Waals surface area (Å²) in [6, 6.07) is 2.89. The molecule has 120 valence electrons. The van der Waals surface area contributed by atoms with Gasteiger partial charge in [-0.3, -0.25) is 4.90 Å². The number of fused-ring (bicyclic) bond motifs is 1. The van der Waals surface area contributed by atoms with Crippen LogP contribution in [-0.2, 0) is 4.74 Å². The van der Waals surface area contributed by atoms with Crippen LogP contribution in [0.3, 0.4) is 0 Å². The smallest absolute Gasteiger partial charge is 0.319 e. The Balaban J connectivity index is 1.54. The molecule has 22 heavy (non-hydrogen) atoms.